The molecule has 70 valence electrons. The molecule has 0 bridgehead atoms. The number of carbonyl (C=O) groups is 1. The molecule has 0 aliphatic carbocycles. The van der Waals surface area contributed by atoms with Crippen molar-refractivity contribution < 1.29 is 18.4 Å². The molecule has 1 aliphatic heterocycles. The summed E-state index contributed by atoms with van der Waals surface area (Å²) in [5, 5.41) is 2.57. The fraction of sp³-hybridized carbons (Fsp3) is 0.833. The highest BCUT2D eigenvalue weighted by atomic mass is 31.2. The summed E-state index contributed by atoms with van der Waals surface area (Å²) < 4.78 is 21.1. The van der Waals surface area contributed by atoms with Crippen molar-refractivity contribution in [2.45, 2.75) is 12.1 Å². The molecule has 1 rings (SSSR count). The van der Waals surface area contributed by atoms with Crippen molar-refractivity contribution in [3.05, 3.63) is 0 Å². The summed E-state index contributed by atoms with van der Waals surface area (Å²) in [6, 6.07) is 0. The molecule has 1 atom stereocenters. The third-order valence-electron chi connectivity index (χ3n) is 1.91. The van der Waals surface area contributed by atoms with Crippen LogP contribution in [0.5, 0.6) is 0 Å². The van der Waals surface area contributed by atoms with Gasteiger partial charge in [0.1, 0.15) is 5.66 Å². The third kappa shape index (κ3) is 1.53. The van der Waals surface area contributed by atoms with E-state index in [2.05, 4.69) is 5.32 Å². The Morgan fingerprint density at radius 1 is 1.50 bits per heavy atom. The van der Waals surface area contributed by atoms with Crippen molar-refractivity contribution in [3.8, 4) is 0 Å². The van der Waals surface area contributed by atoms with Gasteiger partial charge in [-0.1, -0.05) is 0 Å². The van der Waals surface area contributed by atoms with E-state index in [0.29, 0.717) is 13.0 Å². The van der Waals surface area contributed by atoms with Crippen molar-refractivity contribution in [1.82, 2.24) is 5.32 Å². The van der Waals surface area contributed by atoms with Crippen molar-refractivity contribution in [2.24, 2.45) is 0 Å². The Balaban J connectivity index is 2.79. The van der Waals surface area contributed by atoms with Crippen LogP contribution in [0.2, 0.25) is 0 Å². The van der Waals surface area contributed by atoms with Gasteiger partial charge in [0, 0.05) is 20.8 Å². The van der Waals surface area contributed by atoms with Crippen molar-refractivity contribution in [1.29, 1.82) is 0 Å². The maximum Gasteiger partial charge on any atom is 0.342 e. The zero-order chi connectivity index (χ0) is 9.19. The van der Waals surface area contributed by atoms with Gasteiger partial charge in [-0.2, -0.15) is 0 Å². The van der Waals surface area contributed by atoms with Crippen LogP contribution in [-0.4, -0.2) is 32.3 Å². The lowest BCUT2D eigenvalue weighted by Gasteiger charge is -2.17. The molecule has 1 N–H and O–H groups in total. The maximum atomic E-state index is 11.7. The topological polar surface area (TPSA) is 64.6 Å². The zero-order valence-electron chi connectivity index (χ0n) is 7.07. The van der Waals surface area contributed by atoms with Crippen LogP contribution in [0.4, 0.5) is 0 Å². The Kier molecular flexibility index (Phi) is 2.88. The van der Waals surface area contributed by atoms with E-state index in [4.69, 9.17) is 9.05 Å². The fourth-order valence-electron chi connectivity index (χ4n) is 1.21. The van der Waals surface area contributed by atoms with Crippen molar-refractivity contribution in [2.75, 3.05) is 20.8 Å². The Morgan fingerprint density at radius 3 is 2.42 bits per heavy atom. The second-order valence-electron chi connectivity index (χ2n) is 2.50. The standard InChI is InChI=1S/C6H12NO4P/c1-10-12(9,11-2)5-3-4-7-6(5)8/h5H,3-4H2,1-2H3,(H,7,8). The molecule has 1 saturated heterocycles. The third-order valence-corrected chi connectivity index (χ3v) is 4.18. The summed E-state index contributed by atoms with van der Waals surface area (Å²) in [7, 11) is -0.622. The van der Waals surface area contributed by atoms with Crippen LogP contribution in [0.1, 0.15) is 6.42 Å². The Hall–Kier alpha value is -0.380. The van der Waals surface area contributed by atoms with Gasteiger partial charge in [-0.05, 0) is 6.42 Å². The van der Waals surface area contributed by atoms with Gasteiger partial charge < -0.3 is 14.4 Å². The smallest absolute Gasteiger partial charge is 0.342 e. The number of amides is 1. The van der Waals surface area contributed by atoms with Crippen LogP contribution in [0.3, 0.4) is 0 Å². The first-order chi connectivity index (χ1) is 5.64. The number of carbonyl (C=O) groups excluding carboxylic acids is 1. The lowest BCUT2D eigenvalue weighted by atomic mass is 10.4. The quantitative estimate of drug-likeness (QED) is 0.657. The van der Waals surface area contributed by atoms with Crippen molar-refractivity contribution >= 4 is 13.5 Å². The van der Waals surface area contributed by atoms with E-state index in [-0.39, 0.29) is 5.91 Å². The highest BCUT2D eigenvalue weighted by Crippen LogP contribution is 2.53. The zero-order valence-corrected chi connectivity index (χ0v) is 7.97. The fourth-order valence-corrected chi connectivity index (χ4v) is 2.69. The Bertz CT molecular complexity index is 222. The lowest BCUT2D eigenvalue weighted by molar-refractivity contribution is -0.119. The largest absolute Gasteiger partial charge is 0.355 e. The van der Waals surface area contributed by atoms with Gasteiger partial charge in [-0.25, -0.2) is 0 Å². The molecular weight excluding hydrogens is 181 g/mol. The van der Waals surface area contributed by atoms with Gasteiger partial charge in [0.25, 0.3) is 0 Å². The number of hydrogen-bond donors (Lipinski definition) is 1. The maximum absolute atomic E-state index is 11.7. The molecule has 1 amide bonds. The van der Waals surface area contributed by atoms with Gasteiger partial charge in [-0.15, -0.1) is 0 Å². The van der Waals surface area contributed by atoms with E-state index >= 15 is 0 Å². The Labute approximate surface area is 71.0 Å². The Morgan fingerprint density at radius 2 is 2.08 bits per heavy atom. The van der Waals surface area contributed by atoms with Crippen LogP contribution < -0.4 is 5.32 Å². The molecule has 1 heterocycles. The van der Waals surface area contributed by atoms with Gasteiger partial charge in [0.2, 0.25) is 5.91 Å². The van der Waals surface area contributed by atoms with E-state index in [1.165, 1.54) is 14.2 Å². The summed E-state index contributed by atoms with van der Waals surface area (Å²) in [5.41, 5.74) is -0.632. The monoisotopic (exact) mass is 193 g/mol. The molecule has 0 aromatic rings. The number of nitrogens with one attached hydrogen (secondary N) is 1. The molecule has 0 radical (unpaired) electrons. The molecular formula is C6H12NO4P. The normalized spacial score (nSPS) is 24.2. The molecule has 0 saturated carbocycles. The predicted octanol–water partition coefficient (Wildman–Crippen LogP) is 0.361. The molecule has 1 aliphatic rings. The first-order valence-corrected chi connectivity index (χ1v) is 5.24. The van der Waals surface area contributed by atoms with Crippen LogP contribution in [0.25, 0.3) is 0 Å². The highest BCUT2D eigenvalue weighted by molar-refractivity contribution is 7.55. The predicted molar refractivity (Wildman–Crippen MR) is 43.0 cm³/mol. The molecule has 0 aromatic heterocycles. The minimum atomic E-state index is -3.20. The average Bonchev–Trinajstić information content (AvgIpc) is 2.51. The second kappa shape index (κ2) is 3.56. The van der Waals surface area contributed by atoms with Gasteiger partial charge in [0.15, 0.2) is 0 Å². The van der Waals surface area contributed by atoms with E-state index in [9.17, 15) is 9.36 Å². The van der Waals surface area contributed by atoms with Gasteiger partial charge in [0.05, 0.1) is 0 Å². The summed E-state index contributed by atoms with van der Waals surface area (Å²) in [6.45, 7) is 0.542. The van der Waals surface area contributed by atoms with Gasteiger partial charge in [-0.3, -0.25) is 9.36 Å². The van der Waals surface area contributed by atoms with Crippen molar-refractivity contribution in [3.63, 3.8) is 0 Å². The first-order valence-electron chi connectivity index (χ1n) is 3.63. The average molecular weight is 193 g/mol. The first kappa shape index (κ1) is 9.71. The molecule has 0 spiro atoms. The SMILES string of the molecule is COP(=O)(OC)C1CCNC1=O. The van der Waals surface area contributed by atoms with E-state index < -0.39 is 13.3 Å². The molecule has 1 fully saturated rings. The molecule has 0 aromatic carbocycles. The van der Waals surface area contributed by atoms with Gasteiger partial charge >= 0.3 is 7.60 Å². The summed E-state index contributed by atoms with van der Waals surface area (Å²) >= 11 is 0. The minimum Gasteiger partial charge on any atom is -0.355 e. The summed E-state index contributed by atoms with van der Waals surface area (Å²) in [5.74, 6) is -0.248. The van der Waals surface area contributed by atoms with E-state index in [1.54, 1.807) is 0 Å². The number of hydrogen-bond acceptors (Lipinski definition) is 4. The summed E-state index contributed by atoms with van der Waals surface area (Å²) in [4.78, 5) is 11.1. The second-order valence-corrected chi connectivity index (χ2v) is 4.93. The van der Waals surface area contributed by atoms with Crippen LogP contribution in [0, 0.1) is 0 Å². The highest BCUT2D eigenvalue weighted by Gasteiger charge is 2.42. The van der Waals surface area contributed by atoms with Crippen LogP contribution >= 0.6 is 7.60 Å². The van der Waals surface area contributed by atoms with E-state index in [0.717, 1.165) is 0 Å². The number of rotatable bonds is 3. The molecule has 5 nitrogen and oxygen atoms in total. The lowest BCUT2D eigenvalue weighted by Crippen LogP contribution is -2.23. The minimum absolute atomic E-state index is 0.248. The van der Waals surface area contributed by atoms with E-state index in [1.807, 2.05) is 0 Å². The summed E-state index contributed by atoms with van der Waals surface area (Å²) in [6.07, 6.45) is 0.512. The molecule has 6 heteroatoms. The van der Waals surface area contributed by atoms with Crippen LogP contribution in [0.15, 0.2) is 0 Å². The molecule has 12 heavy (non-hydrogen) atoms. The molecule has 1 unspecified atom stereocenters. The van der Waals surface area contributed by atoms with Crippen LogP contribution in [-0.2, 0) is 18.4 Å².